The number of halogens is 3. The molecule has 0 unspecified atom stereocenters. The highest BCUT2D eigenvalue weighted by Crippen LogP contribution is 2.36. The first kappa shape index (κ1) is 21.0. The average Bonchev–Trinajstić information content (AvgIpc) is 2.64. The quantitative estimate of drug-likeness (QED) is 0.516. The maximum atomic E-state index is 13.2. The van der Waals surface area contributed by atoms with Crippen molar-refractivity contribution in [3.8, 4) is 5.88 Å². The normalized spacial score (nSPS) is 11.5. The summed E-state index contributed by atoms with van der Waals surface area (Å²) in [6.07, 6.45) is 0.803. The largest absolute Gasteiger partial charge is 0.477 e. The SMILES string of the molecule is CCCCCOc1nc(N(C)c2ccc(CCC)cc2)ncc1C(F)(F)F. The number of rotatable bonds is 9. The lowest BCUT2D eigenvalue weighted by atomic mass is 10.1. The number of ether oxygens (including phenoxy) is 1. The number of unbranched alkanes of at least 4 members (excludes halogenated alkanes) is 2. The molecule has 0 spiro atoms. The van der Waals surface area contributed by atoms with Crippen LogP contribution in [0.4, 0.5) is 24.8 Å². The van der Waals surface area contributed by atoms with Crippen LogP contribution < -0.4 is 9.64 Å². The fourth-order valence-corrected chi connectivity index (χ4v) is 2.63. The van der Waals surface area contributed by atoms with E-state index in [1.165, 1.54) is 5.56 Å². The van der Waals surface area contributed by atoms with Gasteiger partial charge < -0.3 is 9.64 Å². The van der Waals surface area contributed by atoms with E-state index < -0.39 is 17.6 Å². The van der Waals surface area contributed by atoms with Crippen molar-refractivity contribution in [3.05, 3.63) is 41.6 Å². The lowest BCUT2D eigenvalue weighted by Crippen LogP contribution is -2.17. The number of aromatic nitrogens is 2. The van der Waals surface area contributed by atoms with Gasteiger partial charge in [-0.3, -0.25) is 0 Å². The minimum atomic E-state index is -4.56. The zero-order chi connectivity index (χ0) is 19.9. The summed E-state index contributed by atoms with van der Waals surface area (Å²) in [6.45, 7) is 4.33. The van der Waals surface area contributed by atoms with E-state index in [4.69, 9.17) is 4.74 Å². The van der Waals surface area contributed by atoms with Gasteiger partial charge in [0.2, 0.25) is 11.8 Å². The number of aryl methyl sites for hydroxylation is 1. The molecule has 0 saturated carbocycles. The summed E-state index contributed by atoms with van der Waals surface area (Å²) in [5.41, 5.74) is 1.06. The molecule has 1 heterocycles. The first-order chi connectivity index (χ1) is 12.9. The summed E-state index contributed by atoms with van der Waals surface area (Å²) >= 11 is 0. The van der Waals surface area contributed by atoms with Gasteiger partial charge in [0.05, 0.1) is 6.61 Å². The summed E-state index contributed by atoms with van der Waals surface area (Å²) in [7, 11) is 1.72. The second kappa shape index (κ2) is 9.58. The van der Waals surface area contributed by atoms with E-state index in [2.05, 4.69) is 16.9 Å². The predicted octanol–water partition coefficient (Wildman–Crippen LogP) is 5.78. The molecule has 1 aromatic heterocycles. The van der Waals surface area contributed by atoms with Gasteiger partial charge in [0, 0.05) is 18.9 Å². The average molecular weight is 381 g/mol. The third-order valence-corrected chi connectivity index (χ3v) is 4.20. The van der Waals surface area contributed by atoms with Gasteiger partial charge in [0.25, 0.3) is 0 Å². The molecule has 0 aliphatic rings. The van der Waals surface area contributed by atoms with E-state index in [0.717, 1.165) is 37.6 Å². The Morgan fingerprint density at radius 3 is 2.33 bits per heavy atom. The molecule has 4 nitrogen and oxygen atoms in total. The number of hydrogen-bond donors (Lipinski definition) is 0. The summed E-state index contributed by atoms with van der Waals surface area (Å²) in [5, 5.41) is 0. The molecule has 2 rings (SSSR count). The monoisotopic (exact) mass is 381 g/mol. The van der Waals surface area contributed by atoms with Crippen LogP contribution in [0.3, 0.4) is 0 Å². The van der Waals surface area contributed by atoms with Crippen LogP contribution in [-0.4, -0.2) is 23.6 Å². The van der Waals surface area contributed by atoms with E-state index in [1.807, 2.05) is 31.2 Å². The molecule has 0 amide bonds. The molecule has 27 heavy (non-hydrogen) atoms. The van der Waals surface area contributed by atoms with Gasteiger partial charge in [0.15, 0.2) is 0 Å². The molecular weight excluding hydrogens is 355 g/mol. The third kappa shape index (κ3) is 5.84. The number of hydrogen-bond acceptors (Lipinski definition) is 4. The van der Waals surface area contributed by atoms with Gasteiger partial charge in [-0.15, -0.1) is 0 Å². The Hall–Kier alpha value is -2.31. The molecular formula is C20H26F3N3O. The smallest absolute Gasteiger partial charge is 0.423 e. The van der Waals surface area contributed by atoms with Crippen molar-refractivity contribution in [2.75, 3.05) is 18.6 Å². The second-order valence-electron chi connectivity index (χ2n) is 6.42. The van der Waals surface area contributed by atoms with Gasteiger partial charge in [-0.1, -0.05) is 45.2 Å². The zero-order valence-electron chi connectivity index (χ0n) is 16.0. The maximum Gasteiger partial charge on any atom is 0.423 e. The zero-order valence-corrected chi connectivity index (χ0v) is 16.0. The van der Waals surface area contributed by atoms with Crippen LogP contribution in [0, 0.1) is 0 Å². The number of nitrogens with zero attached hydrogens (tertiary/aromatic N) is 3. The molecule has 0 bridgehead atoms. The molecule has 0 saturated heterocycles. The van der Waals surface area contributed by atoms with Crippen molar-refractivity contribution >= 4 is 11.6 Å². The van der Waals surface area contributed by atoms with Gasteiger partial charge in [-0.25, -0.2) is 4.98 Å². The molecule has 0 N–H and O–H groups in total. The van der Waals surface area contributed by atoms with Crippen LogP contribution in [0.2, 0.25) is 0 Å². The van der Waals surface area contributed by atoms with Gasteiger partial charge in [0.1, 0.15) is 5.56 Å². The standard InChI is InChI=1S/C20H26F3N3O/c1-4-6-7-13-27-18-17(20(21,22)23)14-24-19(25-18)26(3)16-11-9-15(8-5-2)10-12-16/h9-12,14H,4-8,13H2,1-3H3. The van der Waals surface area contributed by atoms with Crippen molar-refractivity contribution in [1.82, 2.24) is 9.97 Å². The predicted molar refractivity (Wildman–Crippen MR) is 101 cm³/mol. The number of benzene rings is 1. The number of alkyl halides is 3. The summed E-state index contributed by atoms with van der Waals surface area (Å²) in [4.78, 5) is 9.59. The van der Waals surface area contributed by atoms with Crippen molar-refractivity contribution in [3.63, 3.8) is 0 Å². The van der Waals surface area contributed by atoms with Gasteiger partial charge in [-0.05, 0) is 30.5 Å². The molecule has 1 aromatic carbocycles. The Kier molecular flexibility index (Phi) is 7.45. The summed E-state index contributed by atoms with van der Waals surface area (Å²) in [6, 6.07) is 7.82. The van der Waals surface area contributed by atoms with E-state index in [1.54, 1.807) is 11.9 Å². The minimum Gasteiger partial charge on any atom is -0.477 e. The molecule has 2 aromatic rings. The first-order valence-electron chi connectivity index (χ1n) is 9.26. The molecule has 7 heteroatoms. The fourth-order valence-electron chi connectivity index (χ4n) is 2.63. The second-order valence-corrected chi connectivity index (χ2v) is 6.42. The lowest BCUT2D eigenvalue weighted by Gasteiger charge is -2.20. The topological polar surface area (TPSA) is 38.2 Å². The Bertz CT molecular complexity index is 717. The van der Waals surface area contributed by atoms with Crippen molar-refractivity contribution < 1.29 is 17.9 Å². The van der Waals surface area contributed by atoms with Crippen LogP contribution in [0.5, 0.6) is 5.88 Å². The molecule has 0 aliphatic heterocycles. The molecule has 0 aliphatic carbocycles. The van der Waals surface area contributed by atoms with Crippen LogP contribution in [-0.2, 0) is 12.6 Å². The highest BCUT2D eigenvalue weighted by Gasteiger charge is 2.36. The van der Waals surface area contributed by atoms with Crippen LogP contribution in [0.1, 0.15) is 50.7 Å². The van der Waals surface area contributed by atoms with E-state index >= 15 is 0 Å². The van der Waals surface area contributed by atoms with Crippen LogP contribution in [0.25, 0.3) is 0 Å². The molecule has 0 radical (unpaired) electrons. The van der Waals surface area contributed by atoms with Crippen molar-refractivity contribution in [2.24, 2.45) is 0 Å². The highest BCUT2D eigenvalue weighted by molar-refractivity contribution is 5.57. The van der Waals surface area contributed by atoms with Gasteiger partial charge in [-0.2, -0.15) is 18.2 Å². The van der Waals surface area contributed by atoms with Crippen molar-refractivity contribution in [1.29, 1.82) is 0 Å². The Balaban J connectivity index is 2.24. The first-order valence-corrected chi connectivity index (χ1v) is 9.26. The Morgan fingerprint density at radius 1 is 1.04 bits per heavy atom. The summed E-state index contributed by atoms with van der Waals surface area (Å²) < 4.78 is 45.0. The van der Waals surface area contributed by atoms with Crippen LogP contribution >= 0.6 is 0 Å². The maximum absolute atomic E-state index is 13.2. The minimum absolute atomic E-state index is 0.164. The highest BCUT2D eigenvalue weighted by atomic mass is 19.4. The Morgan fingerprint density at radius 2 is 1.74 bits per heavy atom. The fraction of sp³-hybridized carbons (Fsp3) is 0.500. The van der Waals surface area contributed by atoms with Crippen LogP contribution in [0.15, 0.2) is 30.5 Å². The van der Waals surface area contributed by atoms with E-state index in [9.17, 15) is 13.2 Å². The Labute approximate surface area is 158 Å². The van der Waals surface area contributed by atoms with E-state index in [0.29, 0.717) is 6.42 Å². The van der Waals surface area contributed by atoms with E-state index in [-0.39, 0.29) is 12.6 Å². The molecule has 148 valence electrons. The lowest BCUT2D eigenvalue weighted by molar-refractivity contribution is -0.139. The third-order valence-electron chi connectivity index (χ3n) is 4.20. The summed E-state index contributed by atoms with van der Waals surface area (Å²) in [5.74, 6) is -0.255. The van der Waals surface area contributed by atoms with Gasteiger partial charge >= 0.3 is 6.18 Å². The number of anilines is 2. The van der Waals surface area contributed by atoms with Crippen molar-refractivity contribution in [2.45, 2.75) is 52.1 Å². The molecule has 0 atom stereocenters. The molecule has 0 fully saturated rings.